The second-order valence-corrected chi connectivity index (χ2v) is 5.64. The average Bonchev–Trinajstić information content (AvgIpc) is 2.12. The third kappa shape index (κ3) is 5.54. The van der Waals surface area contributed by atoms with E-state index >= 15 is 0 Å². The topological polar surface area (TPSA) is 47.0 Å². The van der Waals surface area contributed by atoms with E-state index in [1.54, 1.807) is 0 Å². The minimum Gasteiger partial charge on any atom is -0.475 e. The zero-order valence-electron chi connectivity index (χ0n) is 11.7. The summed E-state index contributed by atoms with van der Waals surface area (Å²) in [4.78, 5) is 8.68. The second kappa shape index (κ2) is 6.78. The molecule has 1 rings (SSSR count). The minimum absolute atomic E-state index is 0.104. The summed E-state index contributed by atoms with van der Waals surface area (Å²) in [6, 6.07) is 2.06. The Bertz CT molecular complexity index is 382. The monoisotopic (exact) mass is 271 g/mol. The van der Waals surface area contributed by atoms with E-state index in [0.717, 1.165) is 12.1 Å². The number of hydrogen-bond acceptors (Lipinski definition) is 4. The molecule has 2 atom stereocenters. The normalized spacial score (nSPS) is 14.4. The van der Waals surface area contributed by atoms with E-state index in [0.29, 0.717) is 11.8 Å². The van der Waals surface area contributed by atoms with E-state index < -0.39 is 0 Å². The first-order chi connectivity index (χ1) is 8.36. The smallest absolute Gasteiger partial charge is 0.226 e. The molecule has 4 nitrogen and oxygen atoms in total. The van der Waals surface area contributed by atoms with Crippen molar-refractivity contribution in [1.29, 1.82) is 0 Å². The molecule has 1 N–H and O–H groups in total. The number of ether oxygens (including phenoxy) is 1. The number of nitrogens with zero attached hydrogens (tertiary/aromatic N) is 2. The SMILES string of the molecule is Cc1cc(OC(C)C)nc(NC(C)CC(C)Cl)n1. The summed E-state index contributed by atoms with van der Waals surface area (Å²) in [7, 11) is 0. The molecule has 0 bridgehead atoms. The molecule has 0 radical (unpaired) electrons. The van der Waals surface area contributed by atoms with Crippen molar-refractivity contribution in [2.24, 2.45) is 0 Å². The van der Waals surface area contributed by atoms with Gasteiger partial charge in [-0.2, -0.15) is 4.98 Å². The highest BCUT2D eigenvalue weighted by Crippen LogP contribution is 2.15. The molecule has 1 aromatic rings. The van der Waals surface area contributed by atoms with Crippen LogP contribution < -0.4 is 10.1 Å². The number of rotatable bonds is 6. The highest BCUT2D eigenvalue weighted by Gasteiger charge is 2.10. The standard InChI is InChI=1S/C13H22ClN3O/c1-8(2)18-12-7-11(5)16-13(17-12)15-10(4)6-9(3)14/h7-10H,6H2,1-5H3,(H,15,16,17). The van der Waals surface area contributed by atoms with Crippen LogP contribution in [-0.2, 0) is 0 Å². The van der Waals surface area contributed by atoms with Crippen LogP contribution in [0.25, 0.3) is 0 Å². The number of aryl methyl sites for hydroxylation is 1. The van der Waals surface area contributed by atoms with Gasteiger partial charge in [-0.3, -0.25) is 0 Å². The van der Waals surface area contributed by atoms with Crippen LogP contribution in [0.2, 0.25) is 0 Å². The summed E-state index contributed by atoms with van der Waals surface area (Å²) in [5.74, 6) is 1.20. The van der Waals surface area contributed by atoms with E-state index in [9.17, 15) is 0 Å². The van der Waals surface area contributed by atoms with Crippen molar-refractivity contribution in [1.82, 2.24) is 9.97 Å². The molecule has 102 valence electrons. The maximum Gasteiger partial charge on any atom is 0.226 e. The first-order valence-electron chi connectivity index (χ1n) is 6.29. The van der Waals surface area contributed by atoms with Gasteiger partial charge in [0.05, 0.1) is 6.10 Å². The summed E-state index contributed by atoms with van der Waals surface area (Å²) in [6.07, 6.45) is 0.964. The van der Waals surface area contributed by atoms with Crippen LogP contribution in [0.15, 0.2) is 6.07 Å². The van der Waals surface area contributed by atoms with E-state index in [2.05, 4.69) is 22.2 Å². The number of aromatic nitrogens is 2. The minimum atomic E-state index is 0.104. The van der Waals surface area contributed by atoms with Crippen molar-refractivity contribution < 1.29 is 4.74 Å². The van der Waals surface area contributed by atoms with Crippen LogP contribution >= 0.6 is 11.6 Å². The molecule has 18 heavy (non-hydrogen) atoms. The zero-order chi connectivity index (χ0) is 13.7. The molecule has 0 saturated carbocycles. The zero-order valence-corrected chi connectivity index (χ0v) is 12.5. The third-order valence-corrected chi connectivity index (χ3v) is 2.42. The molecule has 0 fully saturated rings. The molecule has 0 aromatic carbocycles. The van der Waals surface area contributed by atoms with Gasteiger partial charge in [0.15, 0.2) is 0 Å². The Morgan fingerprint density at radius 2 is 1.94 bits per heavy atom. The average molecular weight is 272 g/mol. The Balaban J connectivity index is 2.73. The summed E-state index contributed by atoms with van der Waals surface area (Å²) in [5.41, 5.74) is 0.884. The van der Waals surface area contributed by atoms with Crippen LogP contribution in [0.5, 0.6) is 5.88 Å². The molecule has 5 heteroatoms. The van der Waals surface area contributed by atoms with E-state index in [4.69, 9.17) is 16.3 Å². The van der Waals surface area contributed by atoms with Crippen molar-refractivity contribution in [3.8, 4) is 5.88 Å². The lowest BCUT2D eigenvalue weighted by Gasteiger charge is -2.16. The molecule has 2 unspecified atom stereocenters. The predicted octanol–water partition coefficient (Wildman–Crippen LogP) is 3.39. The van der Waals surface area contributed by atoms with Gasteiger partial charge in [0.25, 0.3) is 0 Å². The van der Waals surface area contributed by atoms with Crippen molar-refractivity contribution in [2.75, 3.05) is 5.32 Å². The van der Waals surface area contributed by atoms with Gasteiger partial charge in [-0.05, 0) is 41.0 Å². The Labute approximate surface area is 114 Å². The molecule has 0 aliphatic carbocycles. The van der Waals surface area contributed by atoms with Crippen LogP contribution in [0.4, 0.5) is 5.95 Å². The molecule has 0 saturated heterocycles. The molecule has 1 aromatic heterocycles. The van der Waals surface area contributed by atoms with Crippen LogP contribution in [0, 0.1) is 6.92 Å². The Morgan fingerprint density at radius 3 is 2.50 bits per heavy atom. The fourth-order valence-corrected chi connectivity index (χ4v) is 1.94. The lowest BCUT2D eigenvalue weighted by atomic mass is 10.2. The molecule has 0 aliphatic heterocycles. The van der Waals surface area contributed by atoms with E-state index in [-0.39, 0.29) is 17.5 Å². The molecule has 0 amide bonds. The molecular formula is C13H22ClN3O. The number of alkyl halides is 1. The van der Waals surface area contributed by atoms with Crippen molar-refractivity contribution in [3.63, 3.8) is 0 Å². The van der Waals surface area contributed by atoms with Crippen LogP contribution in [0.3, 0.4) is 0 Å². The molecule has 0 aliphatic rings. The van der Waals surface area contributed by atoms with Crippen molar-refractivity contribution in [2.45, 2.75) is 58.6 Å². The summed E-state index contributed by atoms with van der Waals surface area (Å²) >= 11 is 5.96. The molecule has 1 heterocycles. The fourth-order valence-electron chi connectivity index (χ4n) is 1.67. The number of hydrogen-bond donors (Lipinski definition) is 1. The second-order valence-electron chi connectivity index (χ2n) is 4.90. The van der Waals surface area contributed by atoms with E-state index in [1.165, 1.54) is 0 Å². The van der Waals surface area contributed by atoms with Gasteiger partial charge in [0, 0.05) is 23.2 Å². The largest absolute Gasteiger partial charge is 0.475 e. The Hall–Kier alpha value is -1.03. The summed E-state index contributed by atoms with van der Waals surface area (Å²) in [6.45, 7) is 9.91. The lowest BCUT2D eigenvalue weighted by molar-refractivity contribution is 0.232. The maximum atomic E-state index is 5.96. The Morgan fingerprint density at radius 1 is 1.28 bits per heavy atom. The predicted molar refractivity (Wildman–Crippen MR) is 75.5 cm³/mol. The van der Waals surface area contributed by atoms with Crippen molar-refractivity contribution >= 4 is 17.5 Å². The van der Waals surface area contributed by atoms with Crippen molar-refractivity contribution in [3.05, 3.63) is 11.8 Å². The number of nitrogens with one attached hydrogen (secondary N) is 1. The highest BCUT2D eigenvalue weighted by molar-refractivity contribution is 6.20. The van der Waals surface area contributed by atoms with Gasteiger partial charge in [-0.1, -0.05) is 0 Å². The van der Waals surface area contributed by atoms with Gasteiger partial charge in [-0.15, -0.1) is 11.6 Å². The van der Waals surface area contributed by atoms with Crippen LogP contribution in [0.1, 0.15) is 39.8 Å². The Kier molecular flexibility index (Phi) is 5.66. The fraction of sp³-hybridized carbons (Fsp3) is 0.692. The number of halogens is 1. The first-order valence-corrected chi connectivity index (χ1v) is 6.73. The van der Waals surface area contributed by atoms with Gasteiger partial charge in [0.1, 0.15) is 0 Å². The quantitative estimate of drug-likeness (QED) is 0.806. The molecule has 0 spiro atoms. The molecular weight excluding hydrogens is 250 g/mol. The third-order valence-electron chi connectivity index (χ3n) is 2.24. The summed E-state index contributed by atoms with van der Waals surface area (Å²) in [5, 5.41) is 3.37. The van der Waals surface area contributed by atoms with Gasteiger partial charge in [-0.25, -0.2) is 4.98 Å². The maximum absolute atomic E-state index is 5.96. The first kappa shape index (κ1) is 15.0. The summed E-state index contributed by atoms with van der Waals surface area (Å²) < 4.78 is 5.58. The van der Waals surface area contributed by atoms with Crippen LogP contribution in [-0.4, -0.2) is 27.5 Å². The number of anilines is 1. The van der Waals surface area contributed by atoms with Gasteiger partial charge >= 0.3 is 0 Å². The van der Waals surface area contributed by atoms with E-state index in [1.807, 2.05) is 33.8 Å². The lowest BCUT2D eigenvalue weighted by Crippen LogP contribution is -2.20. The van der Waals surface area contributed by atoms with Gasteiger partial charge in [0.2, 0.25) is 11.8 Å². The highest BCUT2D eigenvalue weighted by atomic mass is 35.5. The van der Waals surface area contributed by atoms with Gasteiger partial charge < -0.3 is 10.1 Å².